The van der Waals surface area contributed by atoms with Crippen LogP contribution in [0.3, 0.4) is 0 Å². The number of benzene rings is 2. The average Bonchev–Trinajstić information content (AvgIpc) is 2.66. The molecule has 7 nitrogen and oxygen atoms in total. The van der Waals surface area contributed by atoms with Gasteiger partial charge in [-0.05, 0) is 42.0 Å². The largest absolute Gasteiger partial charge is 0.497 e. The van der Waals surface area contributed by atoms with Gasteiger partial charge < -0.3 is 25.4 Å². The van der Waals surface area contributed by atoms with Crippen molar-refractivity contribution in [2.45, 2.75) is 6.54 Å². The lowest BCUT2D eigenvalue weighted by Gasteiger charge is -2.11. The van der Waals surface area contributed by atoms with E-state index in [0.717, 1.165) is 5.56 Å². The molecule has 0 fully saturated rings. The fraction of sp³-hybridized carbons (Fsp3) is 0.222. The SMILES string of the molecule is COc1cc(CNC(=O)NCC(=O)Nc2ccc(Cl)cc2)cc(OC)c1. The van der Waals surface area contributed by atoms with E-state index in [0.29, 0.717) is 22.2 Å². The third kappa shape index (κ3) is 6.18. The molecule has 0 aliphatic heterocycles. The predicted molar refractivity (Wildman–Crippen MR) is 99.9 cm³/mol. The van der Waals surface area contributed by atoms with Crippen molar-refractivity contribution >= 4 is 29.2 Å². The van der Waals surface area contributed by atoms with E-state index in [9.17, 15) is 9.59 Å². The Morgan fingerprint density at radius 1 is 0.962 bits per heavy atom. The lowest BCUT2D eigenvalue weighted by atomic mass is 10.2. The molecule has 2 aromatic carbocycles. The normalized spacial score (nSPS) is 9.96. The first-order chi connectivity index (χ1) is 12.5. The molecule has 0 radical (unpaired) electrons. The summed E-state index contributed by atoms with van der Waals surface area (Å²) in [6.45, 7) is 0.105. The molecule has 0 heterocycles. The van der Waals surface area contributed by atoms with E-state index in [1.165, 1.54) is 0 Å². The molecule has 8 heteroatoms. The summed E-state index contributed by atoms with van der Waals surface area (Å²) in [5, 5.41) is 8.39. The van der Waals surface area contributed by atoms with E-state index in [2.05, 4.69) is 16.0 Å². The molecular weight excluding hydrogens is 358 g/mol. The van der Waals surface area contributed by atoms with Crippen LogP contribution in [-0.4, -0.2) is 32.7 Å². The lowest BCUT2D eigenvalue weighted by Crippen LogP contribution is -2.39. The van der Waals surface area contributed by atoms with E-state index in [1.807, 2.05) is 0 Å². The quantitative estimate of drug-likeness (QED) is 0.692. The third-order valence-electron chi connectivity index (χ3n) is 3.40. The molecular formula is C18H20ClN3O4. The Balaban J connectivity index is 1.78. The Kier molecular flexibility index (Phi) is 7.11. The maximum atomic E-state index is 11.8. The molecule has 26 heavy (non-hydrogen) atoms. The molecule has 0 bridgehead atoms. The van der Waals surface area contributed by atoms with Gasteiger partial charge in [-0.2, -0.15) is 0 Å². The monoisotopic (exact) mass is 377 g/mol. The van der Waals surface area contributed by atoms with E-state index < -0.39 is 6.03 Å². The highest BCUT2D eigenvalue weighted by atomic mass is 35.5. The van der Waals surface area contributed by atoms with E-state index >= 15 is 0 Å². The van der Waals surface area contributed by atoms with E-state index in [-0.39, 0.29) is 19.0 Å². The number of anilines is 1. The highest BCUT2D eigenvalue weighted by Gasteiger charge is 2.07. The van der Waals surface area contributed by atoms with Crippen LogP contribution in [0.25, 0.3) is 0 Å². The number of ether oxygens (including phenoxy) is 2. The van der Waals surface area contributed by atoms with Crippen LogP contribution in [0, 0.1) is 0 Å². The highest BCUT2D eigenvalue weighted by molar-refractivity contribution is 6.30. The number of carbonyl (C=O) groups is 2. The van der Waals surface area contributed by atoms with Gasteiger partial charge in [-0.1, -0.05) is 11.6 Å². The second-order valence-corrected chi connectivity index (χ2v) is 5.75. The Morgan fingerprint density at radius 2 is 1.58 bits per heavy atom. The van der Waals surface area contributed by atoms with Gasteiger partial charge in [-0.25, -0.2) is 4.79 Å². The summed E-state index contributed by atoms with van der Waals surface area (Å²) in [4.78, 5) is 23.7. The van der Waals surface area contributed by atoms with Crippen molar-refractivity contribution in [1.82, 2.24) is 10.6 Å². The zero-order valence-corrected chi connectivity index (χ0v) is 15.2. The van der Waals surface area contributed by atoms with Crippen LogP contribution in [0.1, 0.15) is 5.56 Å². The predicted octanol–water partition coefficient (Wildman–Crippen LogP) is 2.80. The maximum Gasteiger partial charge on any atom is 0.315 e. The molecule has 0 aliphatic rings. The number of hydrogen-bond donors (Lipinski definition) is 3. The first-order valence-corrected chi connectivity index (χ1v) is 8.17. The van der Waals surface area contributed by atoms with Gasteiger partial charge in [-0.3, -0.25) is 4.79 Å². The van der Waals surface area contributed by atoms with E-state index in [4.69, 9.17) is 21.1 Å². The van der Waals surface area contributed by atoms with Crippen LogP contribution in [0.2, 0.25) is 5.02 Å². The summed E-state index contributed by atoms with van der Waals surface area (Å²) < 4.78 is 10.4. The number of methoxy groups -OCH3 is 2. The number of urea groups is 1. The summed E-state index contributed by atoms with van der Waals surface area (Å²) in [7, 11) is 3.11. The maximum absolute atomic E-state index is 11.8. The molecule has 0 unspecified atom stereocenters. The fourth-order valence-corrected chi connectivity index (χ4v) is 2.24. The van der Waals surface area contributed by atoms with E-state index in [1.54, 1.807) is 56.7 Å². The molecule has 3 amide bonds. The summed E-state index contributed by atoms with van der Waals surface area (Å²) in [6, 6.07) is 11.5. The Labute approximate surface area is 156 Å². The topological polar surface area (TPSA) is 88.7 Å². The van der Waals surface area contributed by atoms with Gasteiger partial charge in [0.1, 0.15) is 11.5 Å². The molecule has 2 aromatic rings. The van der Waals surface area contributed by atoms with Gasteiger partial charge in [0, 0.05) is 23.3 Å². The van der Waals surface area contributed by atoms with Crippen LogP contribution in [0.15, 0.2) is 42.5 Å². The minimum Gasteiger partial charge on any atom is -0.497 e. The first-order valence-electron chi connectivity index (χ1n) is 7.79. The van der Waals surface area contributed by atoms with Crippen molar-refractivity contribution in [3.05, 3.63) is 53.1 Å². The molecule has 3 N–H and O–H groups in total. The van der Waals surface area contributed by atoms with Gasteiger partial charge in [-0.15, -0.1) is 0 Å². The Bertz CT molecular complexity index is 743. The summed E-state index contributed by atoms with van der Waals surface area (Å²) >= 11 is 5.78. The highest BCUT2D eigenvalue weighted by Crippen LogP contribution is 2.22. The molecule has 138 valence electrons. The number of hydrogen-bond acceptors (Lipinski definition) is 4. The molecule has 0 spiro atoms. The third-order valence-corrected chi connectivity index (χ3v) is 3.65. The van der Waals surface area contributed by atoms with Crippen molar-refractivity contribution in [3.63, 3.8) is 0 Å². The molecule has 0 saturated heterocycles. The number of rotatable bonds is 7. The molecule has 2 rings (SSSR count). The number of nitrogens with one attached hydrogen (secondary N) is 3. The number of amides is 3. The van der Waals surface area contributed by atoms with Crippen LogP contribution < -0.4 is 25.4 Å². The van der Waals surface area contributed by atoms with Crippen molar-refractivity contribution in [1.29, 1.82) is 0 Å². The van der Waals surface area contributed by atoms with Crippen molar-refractivity contribution in [2.24, 2.45) is 0 Å². The molecule has 0 aromatic heterocycles. The molecule has 0 saturated carbocycles. The standard InChI is InChI=1S/C18H20ClN3O4/c1-25-15-7-12(8-16(9-15)26-2)10-20-18(24)21-11-17(23)22-14-5-3-13(19)4-6-14/h3-9H,10-11H2,1-2H3,(H,22,23)(H2,20,21,24). The second-order valence-electron chi connectivity index (χ2n) is 5.31. The van der Waals surface area contributed by atoms with Crippen LogP contribution in [0.5, 0.6) is 11.5 Å². The van der Waals surface area contributed by atoms with Crippen molar-refractivity contribution in [2.75, 3.05) is 26.1 Å². The van der Waals surface area contributed by atoms with Crippen LogP contribution in [-0.2, 0) is 11.3 Å². The fourth-order valence-electron chi connectivity index (χ4n) is 2.11. The van der Waals surface area contributed by atoms with Crippen molar-refractivity contribution in [3.8, 4) is 11.5 Å². The minimum atomic E-state index is -0.460. The lowest BCUT2D eigenvalue weighted by molar-refractivity contribution is -0.115. The summed E-state index contributed by atoms with van der Waals surface area (Å²) in [5.74, 6) is 0.915. The summed E-state index contributed by atoms with van der Waals surface area (Å²) in [6.07, 6.45) is 0. The number of halogens is 1. The summed E-state index contributed by atoms with van der Waals surface area (Å²) in [5.41, 5.74) is 1.41. The van der Waals surface area contributed by atoms with Crippen LogP contribution in [0.4, 0.5) is 10.5 Å². The smallest absolute Gasteiger partial charge is 0.315 e. The number of carbonyl (C=O) groups excluding carboxylic acids is 2. The Hall–Kier alpha value is -2.93. The minimum absolute atomic E-state index is 0.157. The van der Waals surface area contributed by atoms with Gasteiger partial charge in [0.05, 0.1) is 20.8 Å². The zero-order chi connectivity index (χ0) is 18.9. The second kappa shape index (κ2) is 9.53. The average molecular weight is 378 g/mol. The van der Waals surface area contributed by atoms with Crippen LogP contribution >= 0.6 is 11.6 Å². The molecule has 0 atom stereocenters. The Morgan fingerprint density at radius 3 is 2.15 bits per heavy atom. The van der Waals surface area contributed by atoms with Gasteiger partial charge in [0.2, 0.25) is 5.91 Å². The molecule has 0 aliphatic carbocycles. The van der Waals surface area contributed by atoms with Crippen molar-refractivity contribution < 1.29 is 19.1 Å². The van der Waals surface area contributed by atoms with Gasteiger partial charge >= 0.3 is 6.03 Å². The van der Waals surface area contributed by atoms with Gasteiger partial charge in [0.25, 0.3) is 0 Å². The first kappa shape index (κ1) is 19.4. The van der Waals surface area contributed by atoms with Gasteiger partial charge in [0.15, 0.2) is 0 Å². The zero-order valence-electron chi connectivity index (χ0n) is 14.5.